The van der Waals surface area contributed by atoms with Crippen molar-refractivity contribution >= 4 is 5.82 Å². The second-order valence-corrected chi connectivity index (χ2v) is 10.2. The van der Waals surface area contributed by atoms with Crippen molar-refractivity contribution in [2.75, 3.05) is 24.7 Å². The highest BCUT2D eigenvalue weighted by molar-refractivity contribution is 5.67. The first-order valence-corrected chi connectivity index (χ1v) is 12.2. The minimum Gasteiger partial charge on any atom is -0.381 e. The smallest absolute Gasteiger partial charge is 0.381 e. The van der Waals surface area contributed by atoms with Gasteiger partial charge in [-0.05, 0) is 62.0 Å². The predicted molar refractivity (Wildman–Crippen MR) is 121 cm³/mol. The molecule has 1 aromatic heterocycles. The molecule has 2 saturated heterocycles. The number of halogens is 6. The summed E-state index contributed by atoms with van der Waals surface area (Å²) in [5, 5.41) is 7.84. The summed E-state index contributed by atoms with van der Waals surface area (Å²) < 4.78 is 89.0. The van der Waals surface area contributed by atoms with Crippen molar-refractivity contribution in [3.05, 3.63) is 41.5 Å². The molecule has 5 nitrogen and oxygen atoms in total. The van der Waals surface area contributed by atoms with E-state index in [1.165, 1.54) is 12.1 Å². The summed E-state index contributed by atoms with van der Waals surface area (Å²) in [6, 6.07) is 5.01. The van der Waals surface area contributed by atoms with Crippen molar-refractivity contribution in [1.29, 1.82) is 0 Å². The SMILES string of the molecule is N[C@H]1C[C@@H]2CN(c3nnc(-c4ccccc4C(F)(F)F)cc3C(F)(F)F)[C@@H](CC3CCOCC3)[C@H]2C1. The molecule has 3 aliphatic rings. The van der Waals surface area contributed by atoms with Crippen molar-refractivity contribution in [3.63, 3.8) is 0 Å². The van der Waals surface area contributed by atoms with Gasteiger partial charge in [0.05, 0.1) is 11.3 Å². The van der Waals surface area contributed by atoms with E-state index >= 15 is 0 Å². The average Bonchev–Trinajstić information content (AvgIpc) is 3.35. The third kappa shape index (κ3) is 4.91. The van der Waals surface area contributed by atoms with Crippen molar-refractivity contribution in [3.8, 4) is 11.3 Å². The topological polar surface area (TPSA) is 64.3 Å². The highest BCUT2D eigenvalue weighted by Crippen LogP contribution is 2.48. The lowest BCUT2D eigenvalue weighted by molar-refractivity contribution is -0.137. The van der Waals surface area contributed by atoms with Gasteiger partial charge in [0, 0.05) is 37.4 Å². The van der Waals surface area contributed by atoms with E-state index in [1.807, 2.05) is 0 Å². The zero-order valence-corrected chi connectivity index (χ0v) is 19.5. The van der Waals surface area contributed by atoms with Crippen LogP contribution in [-0.2, 0) is 17.1 Å². The van der Waals surface area contributed by atoms with Gasteiger partial charge in [-0.1, -0.05) is 18.2 Å². The van der Waals surface area contributed by atoms with Crippen LogP contribution in [0.1, 0.15) is 43.2 Å². The van der Waals surface area contributed by atoms with Gasteiger partial charge in [0.25, 0.3) is 0 Å². The number of nitrogens with zero attached hydrogens (tertiary/aromatic N) is 3. The van der Waals surface area contributed by atoms with Gasteiger partial charge in [0.15, 0.2) is 5.82 Å². The molecule has 0 radical (unpaired) electrons. The molecule has 11 heteroatoms. The number of nitrogens with two attached hydrogens (primary N) is 1. The molecule has 0 bridgehead atoms. The van der Waals surface area contributed by atoms with Crippen molar-refractivity contribution in [2.45, 2.75) is 56.5 Å². The summed E-state index contributed by atoms with van der Waals surface area (Å²) in [6.07, 6.45) is -5.69. The van der Waals surface area contributed by atoms with Gasteiger partial charge in [0.2, 0.25) is 0 Å². The first-order chi connectivity index (χ1) is 17.0. The van der Waals surface area contributed by atoms with Crippen LogP contribution in [0.15, 0.2) is 30.3 Å². The monoisotopic (exact) mass is 514 g/mol. The number of hydrogen-bond donors (Lipinski definition) is 1. The number of aromatic nitrogens is 2. The van der Waals surface area contributed by atoms with E-state index in [1.54, 1.807) is 4.90 Å². The molecule has 2 aromatic rings. The number of fused-ring (bicyclic) bond motifs is 1. The molecule has 2 N–H and O–H groups in total. The van der Waals surface area contributed by atoms with Crippen LogP contribution in [0.4, 0.5) is 32.2 Å². The maximum atomic E-state index is 14.3. The Kier molecular flexibility index (Phi) is 6.65. The first kappa shape index (κ1) is 25.3. The minimum atomic E-state index is -4.81. The third-order valence-corrected chi connectivity index (χ3v) is 7.89. The minimum absolute atomic E-state index is 0.0220. The van der Waals surface area contributed by atoms with E-state index in [9.17, 15) is 26.3 Å². The Morgan fingerprint density at radius 2 is 1.64 bits per heavy atom. The summed E-state index contributed by atoms with van der Waals surface area (Å²) in [7, 11) is 0. The molecule has 5 rings (SSSR count). The molecule has 3 fully saturated rings. The molecular weight excluding hydrogens is 486 g/mol. The van der Waals surface area contributed by atoms with Crippen molar-refractivity contribution < 1.29 is 31.1 Å². The van der Waals surface area contributed by atoms with Gasteiger partial charge in [-0.3, -0.25) is 0 Å². The van der Waals surface area contributed by atoms with Crippen molar-refractivity contribution in [1.82, 2.24) is 10.2 Å². The fraction of sp³-hybridized carbons (Fsp3) is 0.600. The van der Waals surface area contributed by atoms with E-state index < -0.39 is 34.7 Å². The highest BCUT2D eigenvalue weighted by atomic mass is 19.4. The summed E-state index contributed by atoms with van der Waals surface area (Å²) in [4.78, 5) is 1.70. The van der Waals surface area contributed by atoms with E-state index in [4.69, 9.17) is 10.5 Å². The largest absolute Gasteiger partial charge is 0.420 e. The Labute approximate surface area is 205 Å². The predicted octanol–water partition coefficient (Wildman–Crippen LogP) is 5.54. The fourth-order valence-electron chi connectivity index (χ4n) is 6.26. The Morgan fingerprint density at radius 3 is 2.33 bits per heavy atom. The van der Waals surface area contributed by atoms with Crippen LogP contribution < -0.4 is 10.6 Å². The number of hydrogen-bond acceptors (Lipinski definition) is 5. The third-order valence-electron chi connectivity index (χ3n) is 7.89. The lowest BCUT2D eigenvalue weighted by atomic mass is 9.84. The van der Waals surface area contributed by atoms with Crippen LogP contribution in [0.2, 0.25) is 0 Å². The Balaban J connectivity index is 1.54. The number of anilines is 1. The maximum absolute atomic E-state index is 14.3. The van der Waals surface area contributed by atoms with Gasteiger partial charge in [-0.15, -0.1) is 10.2 Å². The van der Waals surface area contributed by atoms with E-state index in [0.29, 0.717) is 38.2 Å². The first-order valence-electron chi connectivity index (χ1n) is 12.2. The summed E-state index contributed by atoms with van der Waals surface area (Å²) >= 11 is 0. The normalized spacial score (nSPS) is 27.5. The second kappa shape index (κ2) is 9.48. The summed E-state index contributed by atoms with van der Waals surface area (Å²) in [5.41, 5.74) is 3.19. The quantitative estimate of drug-likeness (QED) is 0.543. The van der Waals surface area contributed by atoms with Crippen LogP contribution in [0.3, 0.4) is 0 Å². The molecule has 3 heterocycles. The summed E-state index contributed by atoms with van der Waals surface area (Å²) in [6.45, 7) is 1.64. The Morgan fingerprint density at radius 1 is 0.944 bits per heavy atom. The Bertz CT molecular complexity index is 1080. The maximum Gasteiger partial charge on any atom is 0.420 e. The average molecular weight is 515 g/mol. The number of benzene rings is 1. The molecular formula is C25H28F6N4O. The van der Waals surface area contributed by atoms with E-state index in [2.05, 4.69) is 10.2 Å². The molecule has 36 heavy (non-hydrogen) atoms. The van der Waals surface area contributed by atoms with Gasteiger partial charge in [0.1, 0.15) is 5.56 Å². The van der Waals surface area contributed by atoms with Gasteiger partial charge >= 0.3 is 12.4 Å². The zero-order valence-electron chi connectivity index (χ0n) is 19.5. The van der Waals surface area contributed by atoms with Gasteiger partial charge < -0.3 is 15.4 Å². The van der Waals surface area contributed by atoms with Crippen LogP contribution in [0.5, 0.6) is 0 Å². The van der Waals surface area contributed by atoms with Crippen LogP contribution in [0.25, 0.3) is 11.3 Å². The van der Waals surface area contributed by atoms with Crippen molar-refractivity contribution in [2.24, 2.45) is 23.5 Å². The summed E-state index contributed by atoms with van der Waals surface area (Å²) in [5.74, 6) is 0.313. The van der Waals surface area contributed by atoms with Gasteiger partial charge in [-0.25, -0.2) is 0 Å². The lowest BCUT2D eigenvalue weighted by Crippen LogP contribution is -2.39. The van der Waals surface area contributed by atoms with Gasteiger partial charge in [-0.2, -0.15) is 26.3 Å². The molecule has 1 saturated carbocycles. The molecule has 2 aliphatic heterocycles. The number of alkyl halides is 6. The van der Waals surface area contributed by atoms with Crippen LogP contribution in [-0.4, -0.2) is 42.0 Å². The molecule has 1 aliphatic carbocycles. The second-order valence-electron chi connectivity index (χ2n) is 10.2. The van der Waals surface area contributed by atoms with Crippen LogP contribution in [0, 0.1) is 17.8 Å². The lowest BCUT2D eigenvalue weighted by Gasteiger charge is -2.34. The molecule has 0 unspecified atom stereocenters. The Hall–Kier alpha value is -2.40. The highest BCUT2D eigenvalue weighted by Gasteiger charge is 2.50. The zero-order chi connectivity index (χ0) is 25.7. The number of rotatable bonds is 4. The number of ether oxygens (including phenoxy) is 1. The van der Waals surface area contributed by atoms with Crippen LogP contribution >= 0.6 is 0 Å². The van der Waals surface area contributed by atoms with E-state index in [-0.39, 0.29) is 29.7 Å². The fourth-order valence-corrected chi connectivity index (χ4v) is 6.26. The van der Waals surface area contributed by atoms with E-state index in [0.717, 1.165) is 37.8 Å². The molecule has 196 valence electrons. The molecule has 0 spiro atoms. The molecule has 1 aromatic carbocycles. The molecule has 0 amide bonds. The standard InChI is InChI=1S/C25H28F6N4O/c26-24(27,28)19-4-2-1-3-17(19)21-12-20(25(29,30)31)23(34-33-21)35-13-15-10-16(32)11-18(15)22(35)9-14-5-7-36-8-6-14/h1-4,12,14-16,18,22H,5-11,13,32H2/t15-,16+,18+,22+/m1/s1. The molecule has 4 atom stereocenters.